The summed E-state index contributed by atoms with van der Waals surface area (Å²) in [7, 11) is 0. The summed E-state index contributed by atoms with van der Waals surface area (Å²) < 4.78 is 22.2. The van der Waals surface area contributed by atoms with Gasteiger partial charge in [0.1, 0.15) is 6.61 Å². The predicted octanol–water partition coefficient (Wildman–Crippen LogP) is 2.49. The highest BCUT2D eigenvalue weighted by Gasteiger charge is 2.39. The third-order valence-electron chi connectivity index (χ3n) is 4.81. The molecule has 1 aromatic carbocycles. The van der Waals surface area contributed by atoms with Crippen molar-refractivity contribution in [3.8, 4) is 0 Å². The van der Waals surface area contributed by atoms with E-state index in [0.717, 1.165) is 18.4 Å². The lowest BCUT2D eigenvalue weighted by Crippen LogP contribution is -2.56. The first-order valence-electron chi connectivity index (χ1n) is 8.79. The second kappa shape index (κ2) is 7.56. The maximum atomic E-state index is 12.6. The quantitative estimate of drug-likeness (QED) is 0.785. The van der Waals surface area contributed by atoms with E-state index in [0.29, 0.717) is 26.4 Å². The second-order valence-corrected chi connectivity index (χ2v) is 6.61. The molecule has 3 heterocycles. The summed E-state index contributed by atoms with van der Waals surface area (Å²) in [5.74, 6) is 0. The number of rotatable bonds is 4. The van der Waals surface area contributed by atoms with E-state index in [4.69, 9.17) is 18.9 Å². The molecule has 2 unspecified atom stereocenters. The highest BCUT2D eigenvalue weighted by Crippen LogP contribution is 2.31. The minimum atomic E-state index is -0.272. The standard InChI is InChI=1S/C19H23NO5/c21-19(25-11-14-4-2-1-3-5-14)20-16-8-15(9-17(20)13-22-12-16)10-18-23-6-7-24-18/h1-5,8,16-18H,6-7,9-13H2. The molecular weight excluding hydrogens is 322 g/mol. The molecule has 1 aromatic rings. The van der Waals surface area contributed by atoms with Gasteiger partial charge >= 0.3 is 6.09 Å². The number of carbonyl (C=O) groups excluding carboxylic acids is 1. The summed E-state index contributed by atoms with van der Waals surface area (Å²) in [6, 6.07) is 9.67. The topological polar surface area (TPSA) is 57.2 Å². The maximum Gasteiger partial charge on any atom is 0.411 e. The van der Waals surface area contributed by atoms with Crippen molar-refractivity contribution in [2.24, 2.45) is 0 Å². The Hall–Kier alpha value is -1.89. The summed E-state index contributed by atoms with van der Waals surface area (Å²) >= 11 is 0. The molecule has 0 radical (unpaired) electrons. The predicted molar refractivity (Wildman–Crippen MR) is 89.9 cm³/mol. The molecule has 3 aliphatic rings. The third kappa shape index (κ3) is 3.86. The van der Waals surface area contributed by atoms with Gasteiger partial charge in [0, 0.05) is 6.42 Å². The van der Waals surface area contributed by atoms with Gasteiger partial charge in [-0.3, -0.25) is 4.90 Å². The largest absolute Gasteiger partial charge is 0.445 e. The fraction of sp³-hybridized carbons (Fsp3) is 0.526. The van der Waals surface area contributed by atoms with Crippen molar-refractivity contribution < 1.29 is 23.7 Å². The van der Waals surface area contributed by atoms with Crippen LogP contribution in [0.1, 0.15) is 18.4 Å². The molecule has 0 N–H and O–H groups in total. The van der Waals surface area contributed by atoms with Crippen molar-refractivity contribution in [2.45, 2.75) is 37.8 Å². The summed E-state index contributed by atoms with van der Waals surface area (Å²) in [4.78, 5) is 14.4. The van der Waals surface area contributed by atoms with Crippen molar-refractivity contribution in [3.63, 3.8) is 0 Å². The van der Waals surface area contributed by atoms with Crippen LogP contribution < -0.4 is 0 Å². The van der Waals surface area contributed by atoms with Crippen molar-refractivity contribution in [3.05, 3.63) is 47.5 Å². The van der Waals surface area contributed by atoms with Crippen molar-refractivity contribution in [1.29, 1.82) is 0 Å². The first kappa shape index (κ1) is 16.6. The molecule has 6 heteroatoms. The number of fused-ring (bicyclic) bond motifs is 2. The van der Waals surface area contributed by atoms with Gasteiger partial charge in [-0.2, -0.15) is 0 Å². The summed E-state index contributed by atoms with van der Waals surface area (Å²) in [5, 5.41) is 0. The summed E-state index contributed by atoms with van der Waals surface area (Å²) in [5.41, 5.74) is 2.26. The second-order valence-electron chi connectivity index (χ2n) is 6.61. The lowest BCUT2D eigenvalue weighted by molar-refractivity contribution is -0.0515. The number of amides is 1. The molecule has 0 aliphatic carbocycles. The zero-order valence-electron chi connectivity index (χ0n) is 14.1. The van der Waals surface area contributed by atoms with Crippen LogP contribution >= 0.6 is 0 Å². The van der Waals surface area contributed by atoms with Crippen LogP contribution in [0, 0.1) is 0 Å². The first-order chi connectivity index (χ1) is 12.3. The smallest absolute Gasteiger partial charge is 0.411 e. The Kier molecular flexibility index (Phi) is 5.01. The van der Waals surface area contributed by atoms with Crippen LogP contribution in [0.5, 0.6) is 0 Å². The number of hydrogen-bond acceptors (Lipinski definition) is 5. The molecule has 2 atom stereocenters. The summed E-state index contributed by atoms with van der Waals surface area (Å²) in [6.45, 7) is 2.65. The van der Waals surface area contributed by atoms with Crippen LogP contribution in [0.15, 0.2) is 42.0 Å². The van der Waals surface area contributed by atoms with E-state index in [1.165, 1.54) is 5.57 Å². The van der Waals surface area contributed by atoms with Crippen LogP contribution in [0.2, 0.25) is 0 Å². The van der Waals surface area contributed by atoms with Gasteiger partial charge in [-0.1, -0.05) is 42.0 Å². The average molecular weight is 345 g/mol. The zero-order valence-corrected chi connectivity index (χ0v) is 14.1. The minimum Gasteiger partial charge on any atom is -0.445 e. The van der Waals surface area contributed by atoms with Crippen LogP contribution in [0.3, 0.4) is 0 Å². The van der Waals surface area contributed by atoms with Gasteiger partial charge in [-0.25, -0.2) is 4.79 Å². The Morgan fingerprint density at radius 3 is 2.72 bits per heavy atom. The average Bonchev–Trinajstić information content (AvgIpc) is 3.13. The molecule has 0 spiro atoms. The lowest BCUT2D eigenvalue weighted by Gasteiger charge is -2.44. The fourth-order valence-electron chi connectivity index (χ4n) is 3.65. The van der Waals surface area contributed by atoms with E-state index in [-0.39, 0.29) is 31.1 Å². The molecule has 25 heavy (non-hydrogen) atoms. The normalized spacial score (nSPS) is 26.4. The number of ether oxygens (including phenoxy) is 4. The van der Waals surface area contributed by atoms with E-state index in [1.54, 1.807) is 0 Å². The maximum absolute atomic E-state index is 12.6. The van der Waals surface area contributed by atoms with Crippen LogP contribution in [0.25, 0.3) is 0 Å². The number of morpholine rings is 1. The molecule has 0 aromatic heterocycles. The van der Waals surface area contributed by atoms with Crippen LogP contribution in [-0.2, 0) is 25.6 Å². The van der Waals surface area contributed by atoms with Gasteiger partial charge in [-0.05, 0) is 12.0 Å². The molecule has 2 bridgehead atoms. The Morgan fingerprint density at radius 2 is 1.96 bits per heavy atom. The van der Waals surface area contributed by atoms with Crippen molar-refractivity contribution in [1.82, 2.24) is 4.90 Å². The molecule has 6 nitrogen and oxygen atoms in total. The van der Waals surface area contributed by atoms with E-state index >= 15 is 0 Å². The van der Waals surface area contributed by atoms with Gasteiger partial charge in [-0.15, -0.1) is 0 Å². The Bertz CT molecular complexity index is 626. The molecule has 134 valence electrons. The highest BCUT2D eigenvalue weighted by atomic mass is 16.7. The first-order valence-corrected chi connectivity index (χ1v) is 8.79. The Labute approximate surface area is 147 Å². The van der Waals surface area contributed by atoms with Crippen molar-refractivity contribution >= 4 is 6.09 Å². The monoisotopic (exact) mass is 345 g/mol. The molecule has 0 saturated carbocycles. The number of carbonyl (C=O) groups is 1. The number of nitrogens with zero attached hydrogens (tertiary/aromatic N) is 1. The number of hydrogen-bond donors (Lipinski definition) is 0. The fourth-order valence-corrected chi connectivity index (χ4v) is 3.65. The van der Waals surface area contributed by atoms with Crippen molar-refractivity contribution in [2.75, 3.05) is 26.4 Å². The molecule has 4 rings (SSSR count). The zero-order chi connectivity index (χ0) is 17.1. The Morgan fingerprint density at radius 1 is 1.16 bits per heavy atom. The SMILES string of the molecule is O=C(OCc1ccccc1)N1C2C=C(CC3OCCO3)CC1COC2. The molecular formula is C19H23NO5. The Balaban J connectivity index is 1.39. The van der Waals surface area contributed by atoms with Gasteiger partial charge in [0.05, 0.1) is 38.5 Å². The van der Waals surface area contributed by atoms with E-state index in [2.05, 4.69) is 6.08 Å². The van der Waals surface area contributed by atoms with E-state index in [1.807, 2.05) is 35.2 Å². The lowest BCUT2D eigenvalue weighted by atomic mass is 9.92. The summed E-state index contributed by atoms with van der Waals surface area (Å²) in [6.07, 6.45) is 3.24. The van der Waals surface area contributed by atoms with Crippen LogP contribution in [-0.4, -0.2) is 55.8 Å². The van der Waals surface area contributed by atoms with Gasteiger partial charge in [0.2, 0.25) is 0 Å². The van der Waals surface area contributed by atoms with E-state index < -0.39 is 0 Å². The highest BCUT2D eigenvalue weighted by molar-refractivity contribution is 5.69. The molecule has 1 amide bonds. The molecule has 2 fully saturated rings. The van der Waals surface area contributed by atoms with Gasteiger partial charge in [0.25, 0.3) is 0 Å². The van der Waals surface area contributed by atoms with Crippen LogP contribution in [0.4, 0.5) is 4.79 Å². The molecule has 2 saturated heterocycles. The molecule has 3 aliphatic heterocycles. The third-order valence-corrected chi connectivity index (χ3v) is 4.81. The van der Waals surface area contributed by atoms with E-state index in [9.17, 15) is 4.79 Å². The minimum absolute atomic E-state index is 0.0171. The number of benzene rings is 1. The van der Waals surface area contributed by atoms with Gasteiger partial charge < -0.3 is 18.9 Å². The van der Waals surface area contributed by atoms with Gasteiger partial charge in [0.15, 0.2) is 6.29 Å².